The molecule has 0 aromatic carbocycles. The zero-order valence-electron chi connectivity index (χ0n) is 14.0. The molecule has 2 aliphatic rings. The Labute approximate surface area is 142 Å². The smallest absolute Gasteiger partial charge is 0.240 e. The molecule has 0 amide bonds. The molecule has 1 atom stereocenters. The second kappa shape index (κ2) is 5.31. The quantitative estimate of drug-likeness (QED) is 0.920. The maximum absolute atomic E-state index is 11.6. The number of hydrogen-bond donors (Lipinski definition) is 1. The highest BCUT2D eigenvalue weighted by Crippen LogP contribution is 2.53. The molecule has 24 heavy (non-hydrogen) atoms. The van der Waals surface area contributed by atoms with Gasteiger partial charge in [-0.15, -0.1) is 0 Å². The lowest BCUT2D eigenvalue weighted by Crippen LogP contribution is -2.63. The van der Waals surface area contributed by atoms with Crippen LogP contribution in [-0.4, -0.2) is 46.4 Å². The largest absolute Gasteiger partial charge is 0.479 e. The fourth-order valence-electron chi connectivity index (χ4n) is 4.39. The minimum atomic E-state index is -2.36. The molecule has 3 heterocycles. The van der Waals surface area contributed by atoms with Gasteiger partial charge in [-0.3, -0.25) is 14.0 Å². The Balaban J connectivity index is 1.50. The number of nitrogens with zero attached hydrogens (tertiary/aromatic N) is 3. The topological polar surface area (TPSA) is 79.2 Å². The molecular weight excluding hydrogens is 324 g/mol. The van der Waals surface area contributed by atoms with E-state index in [0.29, 0.717) is 23.0 Å². The summed E-state index contributed by atoms with van der Waals surface area (Å²) in [6, 6.07) is 4.04. The van der Waals surface area contributed by atoms with Gasteiger partial charge in [0.05, 0.1) is 7.11 Å². The lowest BCUT2D eigenvalue weighted by Gasteiger charge is -2.60. The van der Waals surface area contributed by atoms with E-state index in [1.807, 2.05) is 18.3 Å². The van der Waals surface area contributed by atoms with Crippen molar-refractivity contribution in [2.75, 3.05) is 37.1 Å². The predicted octanol–water partition coefficient (Wildman–Crippen LogP) is 2.53. The number of hydrogen-bond acceptors (Lipinski definition) is 6. The Kier molecular flexibility index (Phi) is 3.46. The van der Waals surface area contributed by atoms with Gasteiger partial charge in [0.15, 0.2) is 0 Å². The summed E-state index contributed by atoms with van der Waals surface area (Å²) in [4.78, 5) is 11.0. The molecule has 7 heteroatoms. The first-order chi connectivity index (χ1) is 11.4. The molecule has 1 N–H and O–H groups in total. The second-order valence-corrected chi connectivity index (χ2v) is 9.69. The standard InChI is InChI=1S/C17H22N4O2S/c1-23-16-15-13(3-5-20-16)14(4-6-19-15)21-10-17(11-21)7-12(8-17)9-24(2,18)22/h3-6,12,18H,7-11H2,1-2H3. The summed E-state index contributed by atoms with van der Waals surface area (Å²) < 4.78 is 24.5. The van der Waals surface area contributed by atoms with Gasteiger partial charge in [0.25, 0.3) is 0 Å². The van der Waals surface area contributed by atoms with Crippen molar-refractivity contribution in [1.29, 1.82) is 4.78 Å². The molecule has 1 spiro atoms. The molecule has 1 aliphatic heterocycles. The normalized spacial score (nSPS) is 22.0. The van der Waals surface area contributed by atoms with Gasteiger partial charge in [0, 0.05) is 63.7 Å². The van der Waals surface area contributed by atoms with Crippen LogP contribution in [0.5, 0.6) is 5.88 Å². The maximum Gasteiger partial charge on any atom is 0.240 e. The SMILES string of the molecule is COc1nccc2c(N3CC4(CC(CS(C)(=N)=O)C4)C3)ccnc12. The number of pyridine rings is 2. The van der Waals surface area contributed by atoms with Crippen LogP contribution in [0.3, 0.4) is 0 Å². The van der Waals surface area contributed by atoms with Crippen LogP contribution >= 0.6 is 0 Å². The Bertz CT molecular complexity index is 883. The van der Waals surface area contributed by atoms with Crippen LogP contribution < -0.4 is 9.64 Å². The zero-order valence-corrected chi connectivity index (χ0v) is 14.8. The Morgan fingerprint density at radius 2 is 2.04 bits per heavy atom. The van der Waals surface area contributed by atoms with Crippen LogP contribution in [0.1, 0.15) is 12.8 Å². The highest BCUT2D eigenvalue weighted by Gasteiger charge is 2.52. The lowest BCUT2D eigenvalue weighted by atomic mass is 9.58. The van der Waals surface area contributed by atoms with E-state index < -0.39 is 9.73 Å². The van der Waals surface area contributed by atoms with Crippen LogP contribution in [-0.2, 0) is 9.73 Å². The first-order valence-corrected chi connectivity index (χ1v) is 10.3. The maximum atomic E-state index is 11.6. The average Bonchev–Trinajstić information content (AvgIpc) is 2.46. The first-order valence-electron chi connectivity index (χ1n) is 8.13. The summed E-state index contributed by atoms with van der Waals surface area (Å²) in [7, 11) is -0.751. The monoisotopic (exact) mass is 346 g/mol. The summed E-state index contributed by atoms with van der Waals surface area (Å²) in [6.07, 6.45) is 7.31. The molecule has 6 nitrogen and oxygen atoms in total. The number of fused-ring (bicyclic) bond motifs is 1. The molecule has 1 unspecified atom stereocenters. The molecule has 1 aliphatic carbocycles. The first kappa shape index (κ1) is 15.6. The molecule has 2 aromatic rings. The van der Waals surface area contributed by atoms with Crippen molar-refractivity contribution in [1.82, 2.24) is 9.97 Å². The van der Waals surface area contributed by atoms with Crippen molar-refractivity contribution in [2.24, 2.45) is 11.3 Å². The minimum absolute atomic E-state index is 0.363. The minimum Gasteiger partial charge on any atom is -0.479 e. The van der Waals surface area contributed by atoms with Gasteiger partial charge in [0.1, 0.15) is 5.52 Å². The van der Waals surface area contributed by atoms with E-state index in [4.69, 9.17) is 9.52 Å². The van der Waals surface area contributed by atoms with Crippen LogP contribution in [0.25, 0.3) is 10.9 Å². The fraction of sp³-hybridized carbons (Fsp3) is 0.529. The summed E-state index contributed by atoms with van der Waals surface area (Å²) in [5, 5.41) is 1.07. The summed E-state index contributed by atoms with van der Waals surface area (Å²) in [5.74, 6) is 1.57. The molecule has 2 fully saturated rings. The van der Waals surface area contributed by atoms with Crippen molar-refractivity contribution in [3.63, 3.8) is 0 Å². The zero-order chi connectivity index (χ0) is 16.9. The van der Waals surface area contributed by atoms with Crippen LogP contribution in [0.4, 0.5) is 5.69 Å². The van der Waals surface area contributed by atoms with Gasteiger partial charge in [-0.05, 0) is 30.9 Å². The van der Waals surface area contributed by atoms with Crippen molar-refractivity contribution in [2.45, 2.75) is 12.8 Å². The van der Waals surface area contributed by atoms with E-state index in [9.17, 15) is 4.21 Å². The van der Waals surface area contributed by atoms with Gasteiger partial charge in [-0.2, -0.15) is 0 Å². The van der Waals surface area contributed by atoms with E-state index >= 15 is 0 Å². The summed E-state index contributed by atoms with van der Waals surface area (Å²) in [5.41, 5.74) is 2.33. The lowest BCUT2D eigenvalue weighted by molar-refractivity contribution is 0.0358. The van der Waals surface area contributed by atoms with Gasteiger partial charge in [0.2, 0.25) is 5.88 Å². The number of anilines is 1. The van der Waals surface area contributed by atoms with E-state index in [1.54, 1.807) is 19.6 Å². The van der Waals surface area contributed by atoms with Crippen molar-refractivity contribution >= 4 is 26.3 Å². The summed E-state index contributed by atoms with van der Waals surface area (Å²) >= 11 is 0. The fourth-order valence-corrected chi connectivity index (χ4v) is 5.52. The number of methoxy groups -OCH3 is 1. The van der Waals surface area contributed by atoms with Crippen molar-refractivity contribution < 1.29 is 8.95 Å². The second-order valence-electron chi connectivity index (χ2n) is 7.35. The Hall–Kier alpha value is -1.89. The van der Waals surface area contributed by atoms with Crippen molar-refractivity contribution in [3.8, 4) is 5.88 Å². The number of ether oxygens (including phenoxy) is 1. The van der Waals surface area contributed by atoms with Gasteiger partial charge < -0.3 is 9.64 Å². The molecule has 2 aromatic heterocycles. The average molecular weight is 346 g/mol. The van der Waals surface area contributed by atoms with Crippen LogP contribution in [0, 0.1) is 16.1 Å². The predicted molar refractivity (Wildman–Crippen MR) is 95.1 cm³/mol. The van der Waals surface area contributed by atoms with Crippen LogP contribution in [0.15, 0.2) is 24.5 Å². The Morgan fingerprint density at radius 1 is 1.33 bits per heavy atom. The third kappa shape index (κ3) is 2.60. The van der Waals surface area contributed by atoms with Gasteiger partial charge in [-0.25, -0.2) is 4.98 Å². The molecule has 0 radical (unpaired) electrons. The summed E-state index contributed by atoms with van der Waals surface area (Å²) in [6.45, 7) is 2.05. The molecule has 4 rings (SSSR count). The third-order valence-corrected chi connectivity index (χ3v) is 6.29. The van der Waals surface area contributed by atoms with E-state index in [2.05, 4.69) is 14.9 Å². The van der Waals surface area contributed by atoms with Crippen LogP contribution in [0.2, 0.25) is 0 Å². The molecule has 0 bridgehead atoms. The highest BCUT2D eigenvalue weighted by atomic mass is 32.2. The van der Waals surface area contributed by atoms with E-state index in [-0.39, 0.29) is 0 Å². The van der Waals surface area contributed by atoms with Gasteiger partial charge >= 0.3 is 0 Å². The van der Waals surface area contributed by atoms with Gasteiger partial charge in [-0.1, -0.05) is 0 Å². The van der Waals surface area contributed by atoms with Crippen molar-refractivity contribution in [3.05, 3.63) is 24.5 Å². The molecule has 128 valence electrons. The van der Waals surface area contributed by atoms with E-state index in [0.717, 1.165) is 36.8 Å². The van der Waals surface area contributed by atoms with E-state index in [1.165, 1.54) is 5.69 Å². The number of rotatable bonds is 4. The highest BCUT2D eigenvalue weighted by molar-refractivity contribution is 7.91. The molecule has 1 saturated carbocycles. The number of aromatic nitrogens is 2. The molecular formula is C17H22N4O2S. The molecule has 1 saturated heterocycles. The number of nitrogens with one attached hydrogen (secondary N) is 1. The third-order valence-electron chi connectivity index (χ3n) is 5.19. The Morgan fingerprint density at radius 3 is 2.71 bits per heavy atom.